The van der Waals surface area contributed by atoms with Crippen LogP contribution in [-0.2, 0) is 0 Å². The van der Waals surface area contributed by atoms with Crippen molar-refractivity contribution in [1.82, 2.24) is 4.98 Å². The second kappa shape index (κ2) is 7.64. The Bertz CT molecular complexity index is 721. The molecule has 1 aromatic heterocycles. The van der Waals surface area contributed by atoms with Crippen molar-refractivity contribution >= 4 is 28.1 Å². The number of allylic oxidation sites excluding steroid dienone is 1. The number of methoxy groups -OCH3 is 1. The Morgan fingerprint density at radius 1 is 1.39 bits per heavy atom. The third-order valence-electron chi connectivity index (χ3n) is 2.87. The minimum atomic E-state index is -1.05. The predicted molar refractivity (Wildman–Crippen MR) is 90.3 cm³/mol. The topological polar surface area (TPSA) is 80.7 Å². The molecule has 0 fully saturated rings. The van der Waals surface area contributed by atoms with Gasteiger partial charge in [-0.1, -0.05) is 5.57 Å². The van der Waals surface area contributed by atoms with Gasteiger partial charge in [0.25, 0.3) is 0 Å². The molecule has 122 valence electrons. The molecule has 1 aromatic carbocycles. The zero-order chi connectivity index (χ0) is 16.8. The number of rotatable bonds is 7. The van der Waals surface area contributed by atoms with Gasteiger partial charge in [0.15, 0.2) is 22.3 Å². The maximum atomic E-state index is 10.9. The summed E-state index contributed by atoms with van der Waals surface area (Å²) in [5.41, 5.74) is 1.93. The van der Waals surface area contributed by atoms with Gasteiger partial charge < -0.3 is 19.9 Å². The molecule has 0 unspecified atom stereocenters. The Hall–Kier alpha value is -2.54. The number of nitrogens with zero attached hydrogens (tertiary/aromatic N) is 1. The molecule has 0 bridgehead atoms. The molecule has 1 heterocycles. The first-order valence-electron chi connectivity index (χ1n) is 6.89. The van der Waals surface area contributed by atoms with Gasteiger partial charge in [-0.2, -0.15) is 0 Å². The van der Waals surface area contributed by atoms with Gasteiger partial charge in [-0.25, -0.2) is 9.78 Å². The van der Waals surface area contributed by atoms with Crippen LogP contribution in [0.5, 0.6) is 11.5 Å². The quantitative estimate of drug-likeness (QED) is 0.747. The lowest BCUT2D eigenvalue weighted by molar-refractivity contribution is 0.0691. The number of carbonyl (C=O) groups is 1. The molecule has 6 nitrogen and oxygen atoms in total. The molecule has 0 atom stereocenters. The summed E-state index contributed by atoms with van der Waals surface area (Å²) >= 11 is 1.23. The van der Waals surface area contributed by atoms with Crippen molar-refractivity contribution in [2.75, 3.05) is 19.0 Å². The lowest BCUT2D eigenvalue weighted by Gasteiger charge is -2.11. The maximum Gasteiger partial charge on any atom is 0.355 e. The van der Waals surface area contributed by atoms with Crippen LogP contribution >= 0.6 is 11.3 Å². The second-order valence-corrected chi connectivity index (χ2v) is 5.78. The van der Waals surface area contributed by atoms with Crippen molar-refractivity contribution in [3.8, 4) is 11.5 Å². The third-order valence-corrected chi connectivity index (χ3v) is 3.63. The summed E-state index contributed by atoms with van der Waals surface area (Å²) in [6, 6.07) is 5.39. The van der Waals surface area contributed by atoms with Gasteiger partial charge in [-0.05, 0) is 32.1 Å². The predicted octanol–water partition coefficient (Wildman–Crippen LogP) is 3.94. The van der Waals surface area contributed by atoms with E-state index >= 15 is 0 Å². The molecule has 0 aliphatic rings. The van der Waals surface area contributed by atoms with Crippen molar-refractivity contribution in [3.63, 3.8) is 0 Å². The molecule has 0 aliphatic carbocycles. The van der Waals surface area contributed by atoms with Crippen LogP contribution in [0.3, 0.4) is 0 Å². The lowest BCUT2D eigenvalue weighted by atomic mass is 10.2. The first-order valence-corrected chi connectivity index (χ1v) is 7.77. The second-order valence-electron chi connectivity index (χ2n) is 4.93. The minimum Gasteiger partial charge on any atom is -0.493 e. The largest absolute Gasteiger partial charge is 0.493 e. The van der Waals surface area contributed by atoms with Crippen molar-refractivity contribution < 1.29 is 19.4 Å². The summed E-state index contributed by atoms with van der Waals surface area (Å²) in [5, 5.41) is 13.9. The first-order chi connectivity index (χ1) is 11.0. The molecule has 2 rings (SSSR count). The van der Waals surface area contributed by atoms with E-state index in [-0.39, 0.29) is 5.69 Å². The maximum absolute atomic E-state index is 10.9. The summed E-state index contributed by atoms with van der Waals surface area (Å²) in [5.74, 6) is 0.183. The zero-order valence-corrected chi connectivity index (χ0v) is 13.9. The van der Waals surface area contributed by atoms with E-state index in [0.29, 0.717) is 23.2 Å². The van der Waals surface area contributed by atoms with Crippen LogP contribution in [0.2, 0.25) is 0 Å². The number of carboxylic acid groups (broad SMARTS) is 1. The van der Waals surface area contributed by atoms with Crippen molar-refractivity contribution in [1.29, 1.82) is 0 Å². The van der Waals surface area contributed by atoms with E-state index < -0.39 is 5.97 Å². The summed E-state index contributed by atoms with van der Waals surface area (Å²) in [4.78, 5) is 14.8. The van der Waals surface area contributed by atoms with Gasteiger partial charge in [0.2, 0.25) is 0 Å². The molecular weight excluding hydrogens is 316 g/mol. The van der Waals surface area contributed by atoms with Gasteiger partial charge in [0, 0.05) is 17.1 Å². The van der Waals surface area contributed by atoms with E-state index in [1.807, 2.05) is 26.0 Å². The first kappa shape index (κ1) is 16.8. The molecule has 2 N–H and O–H groups in total. The molecule has 7 heteroatoms. The fourth-order valence-electron chi connectivity index (χ4n) is 1.72. The average molecular weight is 334 g/mol. The molecular formula is C16H18N2O4S. The number of aromatic carboxylic acids is 1. The number of anilines is 2. The van der Waals surface area contributed by atoms with E-state index in [1.54, 1.807) is 19.2 Å². The van der Waals surface area contributed by atoms with Gasteiger partial charge in [-0.15, -0.1) is 11.3 Å². The van der Waals surface area contributed by atoms with E-state index in [2.05, 4.69) is 10.3 Å². The number of hydrogen-bond donors (Lipinski definition) is 2. The summed E-state index contributed by atoms with van der Waals surface area (Å²) < 4.78 is 11.0. The van der Waals surface area contributed by atoms with Crippen molar-refractivity contribution in [2.24, 2.45) is 0 Å². The molecule has 0 aliphatic heterocycles. The van der Waals surface area contributed by atoms with Gasteiger partial charge >= 0.3 is 5.97 Å². The highest BCUT2D eigenvalue weighted by Gasteiger charge is 2.10. The van der Waals surface area contributed by atoms with E-state index in [9.17, 15) is 4.79 Å². The van der Waals surface area contributed by atoms with Crippen LogP contribution in [0.25, 0.3) is 0 Å². The molecule has 0 saturated heterocycles. The normalized spacial score (nSPS) is 10.0. The molecule has 0 saturated carbocycles. The third kappa shape index (κ3) is 4.72. The van der Waals surface area contributed by atoms with E-state index in [4.69, 9.17) is 14.6 Å². The van der Waals surface area contributed by atoms with Gasteiger partial charge in [0.05, 0.1) is 7.11 Å². The van der Waals surface area contributed by atoms with E-state index in [0.717, 1.165) is 5.69 Å². The summed E-state index contributed by atoms with van der Waals surface area (Å²) in [6.45, 7) is 4.45. The molecule has 23 heavy (non-hydrogen) atoms. The Morgan fingerprint density at radius 2 is 2.17 bits per heavy atom. The molecule has 0 spiro atoms. The van der Waals surface area contributed by atoms with Crippen LogP contribution in [0, 0.1) is 0 Å². The van der Waals surface area contributed by atoms with Crippen molar-refractivity contribution in [2.45, 2.75) is 13.8 Å². The number of carboxylic acids is 1. The number of ether oxygens (including phenoxy) is 2. The van der Waals surface area contributed by atoms with Crippen LogP contribution < -0.4 is 14.8 Å². The highest BCUT2D eigenvalue weighted by molar-refractivity contribution is 7.14. The molecule has 0 radical (unpaired) electrons. The Labute approximate surface area is 138 Å². The van der Waals surface area contributed by atoms with Crippen LogP contribution in [0.4, 0.5) is 10.8 Å². The van der Waals surface area contributed by atoms with Gasteiger partial charge in [0.1, 0.15) is 6.61 Å². The molecule has 2 aromatic rings. The fourth-order valence-corrected chi connectivity index (χ4v) is 2.42. The fraction of sp³-hybridized carbons (Fsp3) is 0.250. The summed E-state index contributed by atoms with van der Waals surface area (Å²) in [6.07, 6.45) is 1.97. The standard InChI is InChI=1S/C16H18N2O4S/c1-10(2)6-7-22-14-8-11(4-5-13(14)21-3)17-16-18-12(9-23-16)15(19)20/h4-6,8-9H,7H2,1-3H3,(H,17,18)(H,19,20). The Balaban J connectivity index is 2.15. The zero-order valence-electron chi connectivity index (χ0n) is 13.1. The SMILES string of the molecule is COc1ccc(Nc2nc(C(=O)O)cs2)cc1OCC=C(C)C. The Morgan fingerprint density at radius 3 is 2.78 bits per heavy atom. The van der Waals surface area contributed by atoms with E-state index in [1.165, 1.54) is 22.3 Å². The highest BCUT2D eigenvalue weighted by Crippen LogP contribution is 2.32. The van der Waals surface area contributed by atoms with Crippen LogP contribution in [-0.4, -0.2) is 29.8 Å². The van der Waals surface area contributed by atoms with Crippen molar-refractivity contribution in [3.05, 3.63) is 40.9 Å². The molecule has 0 amide bonds. The average Bonchev–Trinajstić information content (AvgIpc) is 2.96. The number of aromatic nitrogens is 1. The number of hydrogen-bond acceptors (Lipinski definition) is 6. The number of thiazole rings is 1. The van der Waals surface area contributed by atoms with Gasteiger partial charge in [-0.3, -0.25) is 0 Å². The number of benzene rings is 1. The monoisotopic (exact) mass is 334 g/mol. The smallest absolute Gasteiger partial charge is 0.355 e. The number of nitrogens with one attached hydrogen (secondary N) is 1. The summed E-state index contributed by atoms with van der Waals surface area (Å²) in [7, 11) is 1.58. The Kier molecular flexibility index (Phi) is 5.59. The highest BCUT2D eigenvalue weighted by atomic mass is 32.1. The minimum absolute atomic E-state index is 0.0195. The van der Waals surface area contributed by atoms with Crippen LogP contribution in [0.1, 0.15) is 24.3 Å². The van der Waals surface area contributed by atoms with Crippen LogP contribution in [0.15, 0.2) is 35.2 Å². The lowest BCUT2D eigenvalue weighted by Crippen LogP contribution is -1.99.